The van der Waals surface area contributed by atoms with Crippen LogP contribution in [-0.4, -0.2) is 30.4 Å². The third kappa shape index (κ3) is 2.56. The predicted molar refractivity (Wildman–Crippen MR) is 73.4 cm³/mol. The first-order valence-electron chi connectivity index (χ1n) is 6.87. The van der Waals surface area contributed by atoms with E-state index in [1.54, 1.807) is 0 Å². The van der Waals surface area contributed by atoms with E-state index in [-0.39, 0.29) is 11.9 Å². The summed E-state index contributed by atoms with van der Waals surface area (Å²) in [5.74, 6) is 0.214. The van der Waals surface area contributed by atoms with Crippen LogP contribution in [0.4, 0.5) is 0 Å². The van der Waals surface area contributed by atoms with Gasteiger partial charge in [-0.25, -0.2) is 0 Å². The summed E-state index contributed by atoms with van der Waals surface area (Å²) in [6, 6.07) is 8.12. The topological polar surface area (TPSA) is 32.3 Å². The zero-order valence-electron chi connectivity index (χ0n) is 11.3. The van der Waals surface area contributed by atoms with E-state index in [4.69, 9.17) is 0 Å². The maximum atomic E-state index is 12.5. The van der Waals surface area contributed by atoms with Gasteiger partial charge in [-0.15, -0.1) is 0 Å². The van der Waals surface area contributed by atoms with E-state index in [1.807, 2.05) is 17.9 Å². The van der Waals surface area contributed by atoms with E-state index in [9.17, 15) is 4.79 Å². The minimum absolute atomic E-state index is 0.151. The van der Waals surface area contributed by atoms with Crippen molar-refractivity contribution in [3.05, 3.63) is 35.4 Å². The monoisotopic (exact) mass is 246 g/mol. The van der Waals surface area contributed by atoms with E-state index in [0.29, 0.717) is 0 Å². The van der Waals surface area contributed by atoms with Crippen molar-refractivity contribution in [2.24, 2.45) is 0 Å². The van der Waals surface area contributed by atoms with Crippen LogP contribution in [0.1, 0.15) is 37.4 Å². The van der Waals surface area contributed by atoms with E-state index in [2.05, 4.69) is 30.4 Å². The molecule has 18 heavy (non-hydrogen) atoms. The molecule has 2 rings (SSSR count). The lowest BCUT2D eigenvalue weighted by atomic mass is 9.93. The second-order valence-electron chi connectivity index (χ2n) is 4.75. The van der Waals surface area contributed by atoms with Crippen LogP contribution in [0.5, 0.6) is 0 Å². The molecule has 0 aromatic heterocycles. The van der Waals surface area contributed by atoms with E-state index in [1.165, 1.54) is 5.56 Å². The average molecular weight is 246 g/mol. The number of hydrogen-bond donors (Lipinski definition) is 1. The predicted octanol–water partition coefficient (Wildman–Crippen LogP) is 2.13. The molecule has 0 bridgehead atoms. The van der Waals surface area contributed by atoms with Gasteiger partial charge in [-0.1, -0.05) is 31.2 Å². The van der Waals surface area contributed by atoms with Crippen molar-refractivity contribution < 1.29 is 4.79 Å². The highest BCUT2D eigenvalue weighted by molar-refractivity contribution is 5.84. The van der Waals surface area contributed by atoms with Gasteiger partial charge in [0.1, 0.15) is 6.04 Å². The lowest BCUT2D eigenvalue weighted by Gasteiger charge is -2.31. The third-order valence-corrected chi connectivity index (χ3v) is 3.54. The Morgan fingerprint density at radius 1 is 1.39 bits per heavy atom. The van der Waals surface area contributed by atoms with Gasteiger partial charge in [-0.3, -0.25) is 4.79 Å². The maximum absolute atomic E-state index is 12.5. The van der Waals surface area contributed by atoms with Crippen molar-refractivity contribution in [3.63, 3.8) is 0 Å². The maximum Gasteiger partial charge on any atom is 0.244 e. The number of carbonyl (C=O) groups excluding carboxylic acids is 1. The fourth-order valence-corrected chi connectivity index (χ4v) is 2.60. The van der Waals surface area contributed by atoms with Crippen LogP contribution in [0.2, 0.25) is 0 Å². The first kappa shape index (κ1) is 13.1. The van der Waals surface area contributed by atoms with Gasteiger partial charge in [0.2, 0.25) is 5.91 Å². The van der Waals surface area contributed by atoms with E-state index < -0.39 is 0 Å². The minimum Gasteiger partial charge on any atom is -0.341 e. The van der Waals surface area contributed by atoms with Gasteiger partial charge >= 0.3 is 0 Å². The highest BCUT2D eigenvalue weighted by Gasteiger charge is 2.28. The molecule has 98 valence electrons. The Balaban J connectivity index is 2.21. The number of nitrogens with one attached hydrogen (secondary N) is 1. The fourth-order valence-electron chi connectivity index (χ4n) is 2.60. The zero-order valence-corrected chi connectivity index (χ0v) is 11.3. The molecule has 0 saturated carbocycles. The summed E-state index contributed by atoms with van der Waals surface area (Å²) in [4.78, 5) is 14.5. The summed E-state index contributed by atoms with van der Waals surface area (Å²) >= 11 is 0. The molecule has 1 N–H and O–H groups in total. The Bertz CT molecular complexity index is 417. The van der Waals surface area contributed by atoms with Crippen LogP contribution in [0.3, 0.4) is 0 Å². The molecule has 3 nitrogen and oxygen atoms in total. The van der Waals surface area contributed by atoms with Crippen molar-refractivity contribution in [2.75, 3.05) is 19.6 Å². The molecular weight excluding hydrogens is 224 g/mol. The first-order chi connectivity index (χ1) is 8.77. The van der Waals surface area contributed by atoms with Crippen LogP contribution < -0.4 is 5.32 Å². The Labute approximate surface area is 109 Å². The number of fused-ring (bicyclic) bond motifs is 1. The summed E-state index contributed by atoms with van der Waals surface area (Å²) in [6.45, 7) is 6.67. The molecule has 3 heteroatoms. The summed E-state index contributed by atoms with van der Waals surface area (Å²) in [5.41, 5.74) is 2.46. The average Bonchev–Trinajstić information content (AvgIpc) is 2.43. The molecule has 1 amide bonds. The molecule has 0 spiro atoms. The highest BCUT2D eigenvalue weighted by Crippen LogP contribution is 2.24. The first-order valence-corrected chi connectivity index (χ1v) is 6.87. The van der Waals surface area contributed by atoms with E-state index in [0.717, 1.165) is 38.0 Å². The number of rotatable bonds is 4. The standard InChI is InChI=1S/C15H22N2O/c1-3-11-17(4-2)15(18)14-13-8-6-5-7-12(13)9-10-16-14/h5-8,14,16H,3-4,9-11H2,1-2H3. The Kier molecular flexibility index (Phi) is 4.37. The van der Waals surface area contributed by atoms with Crippen molar-refractivity contribution in [1.82, 2.24) is 10.2 Å². The zero-order chi connectivity index (χ0) is 13.0. The Hall–Kier alpha value is -1.35. The smallest absolute Gasteiger partial charge is 0.244 e. The number of carbonyl (C=O) groups is 1. The van der Waals surface area contributed by atoms with Gasteiger partial charge in [0.25, 0.3) is 0 Å². The molecular formula is C15H22N2O. The Morgan fingerprint density at radius 3 is 2.89 bits per heavy atom. The van der Waals surface area contributed by atoms with Crippen LogP contribution >= 0.6 is 0 Å². The highest BCUT2D eigenvalue weighted by atomic mass is 16.2. The van der Waals surface area contributed by atoms with Crippen LogP contribution in [0.15, 0.2) is 24.3 Å². The molecule has 1 atom stereocenters. The summed E-state index contributed by atoms with van der Waals surface area (Å²) in [6.07, 6.45) is 2.02. The van der Waals surface area contributed by atoms with Crippen molar-refractivity contribution in [3.8, 4) is 0 Å². The molecule has 1 aliphatic heterocycles. The Morgan fingerprint density at radius 2 is 2.17 bits per heavy atom. The summed E-state index contributed by atoms with van der Waals surface area (Å²) in [7, 11) is 0. The largest absolute Gasteiger partial charge is 0.341 e. The normalized spacial score (nSPS) is 18.2. The number of nitrogens with zero attached hydrogens (tertiary/aromatic N) is 1. The minimum atomic E-state index is -0.151. The molecule has 0 aliphatic carbocycles. The van der Waals surface area contributed by atoms with Crippen molar-refractivity contribution >= 4 is 5.91 Å². The van der Waals surface area contributed by atoms with E-state index >= 15 is 0 Å². The van der Waals surface area contributed by atoms with Crippen LogP contribution in [0, 0.1) is 0 Å². The van der Waals surface area contributed by atoms with Crippen LogP contribution in [0.25, 0.3) is 0 Å². The quantitative estimate of drug-likeness (QED) is 0.882. The fraction of sp³-hybridized carbons (Fsp3) is 0.533. The number of benzene rings is 1. The summed E-state index contributed by atoms with van der Waals surface area (Å²) in [5, 5.41) is 3.36. The molecule has 1 unspecified atom stereocenters. The number of likely N-dealkylation sites (N-methyl/N-ethyl adjacent to an activating group) is 1. The lowest BCUT2D eigenvalue weighted by molar-refractivity contribution is -0.133. The number of amides is 1. The molecule has 0 fully saturated rings. The second kappa shape index (κ2) is 6.01. The molecule has 0 saturated heterocycles. The van der Waals surface area contributed by atoms with Gasteiger partial charge in [0, 0.05) is 19.6 Å². The van der Waals surface area contributed by atoms with Gasteiger partial charge in [0.05, 0.1) is 0 Å². The number of hydrogen-bond acceptors (Lipinski definition) is 2. The second-order valence-corrected chi connectivity index (χ2v) is 4.75. The molecule has 1 aromatic carbocycles. The van der Waals surface area contributed by atoms with Gasteiger partial charge in [-0.2, -0.15) is 0 Å². The molecule has 1 aromatic rings. The van der Waals surface area contributed by atoms with Crippen LogP contribution in [-0.2, 0) is 11.2 Å². The lowest BCUT2D eigenvalue weighted by Crippen LogP contribution is -2.44. The van der Waals surface area contributed by atoms with Gasteiger partial charge < -0.3 is 10.2 Å². The third-order valence-electron chi connectivity index (χ3n) is 3.54. The summed E-state index contributed by atoms with van der Waals surface area (Å²) < 4.78 is 0. The van der Waals surface area contributed by atoms with Crippen molar-refractivity contribution in [2.45, 2.75) is 32.7 Å². The van der Waals surface area contributed by atoms with Gasteiger partial charge in [0.15, 0.2) is 0 Å². The molecule has 1 heterocycles. The van der Waals surface area contributed by atoms with Gasteiger partial charge in [-0.05, 0) is 30.9 Å². The SMILES string of the molecule is CCCN(CC)C(=O)C1NCCc2ccccc21. The van der Waals surface area contributed by atoms with Crippen molar-refractivity contribution in [1.29, 1.82) is 0 Å². The molecule has 1 aliphatic rings. The molecule has 0 radical (unpaired) electrons.